The summed E-state index contributed by atoms with van der Waals surface area (Å²) in [6.07, 6.45) is 0. The molecular formula is C14H10ClF3N2O3S. The Hall–Kier alpha value is -2.10. The number of sulfonamides is 1. The molecule has 0 aliphatic rings. The molecule has 0 saturated carbocycles. The van der Waals surface area contributed by atoms with Gasteiger partial charge in [-0.1, -0.05) is 17.7 Å². The smallest absolute Gasteiger partial charge is 0.246 e. The van der Waals surface area contributed by atoms with Crippen LogP contribution in [0.2, 0.25) is 5.02 Å². The molecule has 0 saturated heterocycles. The van der Waals surface area contributed by atoms with E-state index in [1.54, 1.807) is 4.72 Å². The van der Waals surface area contributed by atoms with Crippen LogP contribution in [0.4, 0.5) is 18.9 Å². The largest absolute Gasteiger partial charge is 0.322 e. The molecule has 0 unspecified atom stereocenters. The second-order valence-electron chi connectivity index (χ2n) is 4.55. The van der Waals surface area contributed by atoms with Gasteiger partial charge < -0.3 is 5.32 Å². The molecule has 2 N–H and O–H groups in total. The number of carbonyl (C=O) groups is 1. The third-order valence-corrected chi connectivity index (χ3v) is 4.50. The summed E-state index contributed by atoms with van der Waals surface area (Å²) in [7, 11) is -4.60. The second kappa shape index (κ2) is 7.20. The summed E-state index contributed by atoms with van der Waals surface area (Å²) in [6.45, 7) is -0.849. The van der Waals surface area contributed by atoms with Gasteiger partial charge in [-0.2, -0.15) is 0 Å². The van der Waals surface area contributed by atoms with E-state index in [1.807, 2.05) is 0 Å². The quantitative estimate of drug-likeness (QED) is 0.840. The molecule has 0 heterocycles. The molecule has 128 valence electrons. The number of amides is 1. The molecule has 2 aromatic carbocycles. The van der Waals surface area contributed by atoms with Gasteiger partial charge in [0.2, 0.25) is 15.9 Å². The predicted octanol–water partition coefficient (Wildman–Crippen LogP) is 2.67. The lowest BCUT2D eigenvalue weighted by Gasteiger charge is -2.09. The van der Waals surface area contributed by atoms with Crippen molar-refractivity contribution in [3.05, 3.63) is 58.9 Å². The summed E-state index contributed by atoms with van der Waals surface area (Å²) in [5.41, 5.74) is -0.222. The van der Waals surface area contributed by atoms with E-state index in [-0.39, 0.29) is 10.7 Å². The Morgan fingerprint density at radius 2 is 1.67 bits per heavy atom. The van der Waals surface area contributed by atoms with E-state index in [0.29, 0.717) is 0 Å². The van der Waals surface area contributed by atoms with E-state index < -0.39 is 44.8 Å². The van der Waals surface area contributed by atoms with E-state index in [0.717, 1.165) is 24.3 Å². The predicted molar refractivity (Wildman–Crippen MR) is 81.6 cm³/mol. The lowest BCUT2D eigenvalue weighted by atomic mass is 10.3. The number of rotatable bonds is 5. The van der Waals surface area contributed by atoms with Crippen molar-refractivity contribution in [2.24, 2.45) is 0 Å². The molecule has 5 nitrogen and oxygen atoms in total. The average molecular weight is 379 g/mol. The van der Waals surface area contributed by atoms with Crippen LogP contribution in [0.25, 0.3) is 0 Å². The van der Waals surface area contributed by atoms with E-state index in [2.05, 4.69) is 5.32 Å². The fraction of sp³-hybridized carbons (Fsp3) is 0.0714. The normalized spacial score (nSPS) is 11.3. The molecule has 0 bridgehead atoms. The van der Waals surface area contributed by atoms with Crippen molar-refractivity contribution in [1.29, 1.82) is 0 Å². The zero-order chi connectivity index (χ0) is 17.9. The highest BCUT2D eigenvalue weighted by Crippen LogP contribution is 2.19. The maximum Gasteiger partial charge on any atom is 0.246 e. The highest BCUT2D eigenvalue weighted by atomic mass is 35.5. The Balaban J connectivity index is 2.08. The number of carbonyl (C=O) groups excluding carboxylic acids is 1. The maximum atomic E-state index is 13.5. The molecule has 0 aromatic heterocycles. The van der Waals surface area contributed by atoms with Gasteiger partial charge in [-0.15, -0.1) is 0 Å². The maximum absolute atomic E-state index is 13.5. The van der Waals surface area contributed by atoms with Crippen LogP contribution in [0.1, 0.15) is 0 Å². The van der Waals surface area contributed by atoms with Crippen molar-refractivity contribution in [3.8, 4) is 0 Å². The number of hydrogen-bond acceptors (Lipinski definition) is 3. The van der Waals surface area contributed by atoms with Crippen LogP contribution in [0, 0.1) is 17.5 Å². The molecule has 2 aromatic rings. The molecule has 0 radical (unpaired) electrons. The van der Waals surface area contributed by atoms with Crippen LogP contribution >= 0.6 is 11.6 Å². The molecule has 1 amide bonds. The van der Waals surface area contributed by atoms with Crippen LogP contribution < -0.4 is 10.0 Å². The fourth-order valence-corrected chi connectivity index (χ4v) is 3.03. The van der Waals surface area contributed by atoms with E-state index in [1.165, 1.54) is 12.1 Å². The first-order valence-corrected chi connectivity index (χ1v) is 8.25. The first-order valence-electron chi connectivity index (χ1n) is 6.39. The van der Waals surface area contributed by atoms with Gasteiger partial charge in [0.15, 0.2) is 4.90 Å². The number of halogens is 4. The Morgan fingerprint density at radius 1 is 1.04 bits per heavy atom. The SMILES string of the molecule is O=C(CNS(=O)(=O)c1c(F)cccc1F)Nc1ccc(Cl)cc1F. The zero-order valence-electron chi connectivity index (χ0n) is 11.8. The monoisotopic (exact) mass is 378 g/mol. The summed E-state index contributed by atoms with van der Waals surface area (Å²) >= 11 is 5.56. The summed E-state index contributed by atoms with van der Waals surface area (Å²) < 4.78 is 66.0. The Bertz CT molecular complexity index is 871. The molecule has 24 heavy (non-hydrogen) atoms. The van der Waals surface area contributed by atoms with Crippen molar-refractivity contribution in [1.82, 2.24) is 4.72 Å². The minimum absolute atomic E-state index is 0.112. The van der Waals surface area contributed by atoms with E-state index in [9.17, 15) is 26.4 Å². The van der Waals surface area contributed by atoms with Crippen molar-refractivity contribution in [3.63, 3.8) is 0 Å². The third kappa shape index (κ3) is 4.25. The van der Waals surface area contributed by atoms with Gasteiger partial charge in [0.05, 0.1) is 12.2 Å². The van der Waals surface area contributed by atoms with Crippen LogP contribution in [-0.2, 0) is 14.8 Å². The molecule has 2 rings (SSSR count). The highest BCUT2D eigenvalue weighted by Gasteiger charge is 2.24. The Labute approximate surface area is 140 Å². The highest BCUT2D eigenvalue weighted by molar-refractivity contribution is 7.89. The van der Waals surface area contributed by atoms with Gasteiger partial charge in [0.1, 0.15) is 17.5 Å². The van der Waals surface area contributed by atoms with Gasteiger partial charge >= 0.3 is 0 Å². The van der Waals surface area contributed by atoms with Crippen LogP contribution in [0.15, 0.2) is 41.3 Å². The van der Waals surface area contributed by atoms with Crippen LogP contribution in [0.3, 0.4) is 0 Å². The fourth-order valence-electron chi connectivity index (χ4n) is 1.76. The van der Waals surface area contributed by atoms with Gasteiger partial charge in [-0.25, -0.2) is 26.3 Å². The van der Waals surface area contributed by atoms with E-state index >= 15 is 0 Å². The van der Waals surface area contributed by atoms with Crippen molar-refractivity contribution in [2.45, 2.75) is 4.90 Å². The van der Waals surface area contributed by atoms with Gasteiger partial charge in [0.25, 0.3) is 0 Å². The first kappa shape index (κ1) is 18.2. The van der Waals surface area contributed by atoms with Crippen molar-refractivity contribution < 1.29 is 26.4 Å². The van der Waals surface area contributed by atoms with E-state index in [4.69, 9.17) is 11.6 Å². The molecule has 10 heteroatoms. The lowest BCUT2D eigenvalue weighted by molar-refractivity contribution is -0.115. The summed E-state index contributed by atoms with van der Waals surface area (Å²) in [4.78, 5) is 10.5. The summed E-state index contributed by atoms with van der Waals surface area (Å²) in [5, 5.41) is 2.22. The number of anilines is 1. The minimum Gasteiger partial charge on any atom is -0.322 e. The molecule has 0 spiro atoms. The number of nitrogens with one attached hydrogen (secondary N) is 2. The second-order valence-corrected chi connectivity index (χ2v) is 6.69. The first-order chi connectivity index (χ1) is 11.2. The molecular weight excluding hydrogens is 369 g/mol. The Morgan fingerprint density at radius 3 is 2.25 bits per heavy atom. The minimum atomic E-state index is -4.60. The van der Waals surface area contributed by atoms with Gasteiger partial charge in [0, 0.05) is 5.02 Å². The van der Waals surface area contributed by atoms with Crippen molar-refractivity contribution >= 4 is 33.2 Å². The molecule has 0 fully saturated rings. The summed E-state index contributed by atoms with van der Waals surface area (Å²) in [6, 6.07) is 5.98. The molecule has 0 atom stereocenters. The Kier molecular flexibility index (Phi) is 5.47. The van der Waals surface area contributed by atoms with Gasteiger partial charge in [-0.3, -0.25) is 4.79 Å². The standard InChI is InChI=1S/C14H10ClF3N2O3S/c15-8-4-5-12(11(18)6-8)20-13(21)7-19-24(22,23)14-9(16)2-1-3-10(14)17/h1-6,19H,7H2,(H,20,21). The number of benzene rings is 2. The summed E-state index contributed by atoms with van der Waals surface area (Å²) in [5.74, 6) is -4.35. The molecule has 0 aliphatic carbocycles. The van der Waals surface area contributed by atoms with Crippen molar-refractivity contribution in [2.75, 3.05) is 11.9 Å². The zero-order valence-corrected chi connectivity index (χ0v) is 13.4. The van der Waals surface area contributed by atoms with Gasteiger partial charge in [-0.05, 0) is 30.3 Å². The van der Waals surface area contributed by atoms with Crippen LogP contribution in [-0.4, -0.2) is 20.9 Å². The number of hydrogen-bond donors (Lipinski definition) is 2. The van der Waals surface area contributed by atoms with Crippen LogP contribution in [0.5, 0.6) is 0 Å². The average Bonchev–Trinajstić information content (AvgIpc) is 2.48. The molecule has 0 aliphatic heterocycles. The topological polar surface area (TPSA) is 75.3 Å². The third-order valence-electron chi connectivity index (χ3n) is 2.82. The lowest BCUT2D eigenvalue weighted by Crippen LogP contribution is -2.34.